The highest BCUT2D eigenvalue weighted by atomic mass is 16.2. The Labute approximate surface area is 136 Å². The van der Waals surface area contributed by atoms with E-state index in [1.54, 1.807) is 4.90 Å². The van der Waals surface area contributed by atoms with Gasteiger partial charge in [-0.25, -0.2) is 4.79 Å². The zero-order valence-corrected chi connectivity index (χ0v) is 13.2. The Morgan fingerprint density at radius 1 is 1.09 bits per heavy atom. The lowest BCUT2D eigenvalue weighted by Gasteiger charge is -2.34. The first kappa shape index (κ1) is 15.3. The summed E-state index contributed by atoms with van der Waals surface area (Å²) in [5, 5.41) is 2.89. The minimum Gasteiger partial charge on any atom is -0.310 e. The van der Waals surface area contributed by atoms with Gasteiger partial charge in [-0.15, -0.1) is 0 Å². The molecule has 2 aromatic rings. The molecular formula is C19H20N2O2. The second kappa shape index (κ2) is 6.65. The average Bonchev–Trinajstić information content (AvgIpc) is 2.57. The minimum absolute atomic E-state index is 0.0986. The van der Waals surface area contributed by atoms with Gasteiger partial charge in [0.2, 0.25) is 0 Å². The average molecular weight is 308 g/mol. The van der Waals surface area contributed by atoms with Crippen LogP contribution < -0.4 is 5.32 Å². The molecule has 3 rings (SSSR count). The summed E-state index contributed by atoms with van der Waals surface area (Å²) in [6.45, 7) is 2.59. The number of carbonyl (C=O) groups is 2. The van der Waals surface area contributed by atoms with Gasteiger partial charge >= 0.3 is 6.03 Å². The zero-order chi connectivity index (χ0) is 16.2. The van der Waals surface area contributed by atoms with E-state index in [-0.39, 0.29) is 11.8 Å². The van der Waals surface area contributed by atoms with Crippen LogP contribution in [0.1, 0.15) is 30.0 Å². The molecule has 0 aliphatic carbocycles. The molecule has 2 amide bonds. The van der Waals surface area contributed by atoms with E-state index in [9.17, 15) is 9.59 Å². The Hall–Kier alpha value is -2.62. The number of hydrogen-bond acceptors (Lipinski definition) is 2. The molecule has 0 saturated carbocycles. The standard InChI is InChI=1S/C19H20N2O2/c1-14-9-11-16(12-10-14)20-19(23)21-13-5-8-17(22)18(21)15-6-3-2-4-7-15/h2-4,6-7,9-12,18H,5,8,13H2,1H3,(H,20,23). The third kappa shape index (κ3) is 3.42. The van der Waals surface area contributed by atoms with Crippen LogP contribution in [0.3, 0.4) is 0 Å². The number of urea groups is 1. The van der Waals surface area contributed by atoms with Crippen LogP contribution in [0, 0.1) is 6.92 Å². The Morgan fingerprint density at radius 2 is 1.78 bits per heavy atom. The molecule has 0 radical (unpaired) electrons. The fourth-order valence-corrected chi connectivity index (χ4v) is 2.92. The highest BCUT2D eigenvalue weighted by molar-refractivity contribution is 5.95. The highest BCUT2D eigenvalue weighted by Crippen LogP contribution is 2.28. The van der Waals surface area contributed by atoms with Gasteiger partial charge in [-0.2, -0.15) is 0 Å². The van der Waals surface area contributed by atoms with E-state index in [0.717, 1.165) is 16.8 Å². The van der Waals surface area contributed by atoms with Crippen LogP contribution in [0.2, 0.25) is 0 Å². The number of ketones is 1. The second-order valence-electron chi connectivity index (χ2n) is 5.87. The molecule has 1 aliphatic heterocycles. The van der Waals surface area contributed by atoms with Crippen molar-refractivity contribution in [3.63, 3.8) is 0 Å². The van der Waals surface area contributed by atoms with E-state index in [4.69, 9.17) is 0 Å². The number of aryl methyl sites for hydroxylation is 1. The first-order valence-corrected chi connectivity index (χ1v) is 7.87. The number of piperidine rings is 1. The normalized spacial score (nSPS) is 17.9. The summed E-state index contributed by atoms with van der Waals surface area (Å²) in [6.07, 6.45) is 1.23. The zero-order valence-electron chi connectivity index (χ0n) is 13.2. The lowest BCUT2D eigenvalue weighted by Crippen LogP contribution is -2.45. The van der Waals surface area contributed by atoms with Gasteiger partial charge in [-0.05, 0) is 31.0 Å². The Morgan fingerprint density at radius 3 is 2.48 bits per heavy atom. The molecule has 1 N–H and O–H groups in total. The molecule has 4 heteroatoms. The van der Waals surface area contributed by atoms with Gasteiger partial charge < -0.3 is 10.2 Å². The van der Waals surface area contributed by atoms with Gasteiger partial charge in [0.1, 0.15) is 6.04 Å². The van der Waals surface area contributed by atoms with Crippen molar-refractivity contribution in [1.29, 1.82) is 0 Å². The molecule has 1 fully saturated rings. The molecule has 1 heterocycles. The summed E-state index contributed by atoms with van der Waals surface area (Å²) in [6, 6.07) is 16.4. The molecule has 1 aliphatic rings. The predicted molar refractivity (Wildman–Crippen MR) is 90.3 cm³/mol. The maximum absolute atomic E-state index is 12.6. The predicted octanol–water partition coefficient (Wildman–Crippen LogP) is 3.93. The van der Waals surface area contributed by atoms with Gasteiger partial charge in [0, 0.05) is 18.7 Å². The smallest absolute Gasteiger partial charge is 0.310 e. The summed E-state index contributed by atoms with van der Waals surface area (Å²) in [4.78, 5) is 26.7. The summed E-state index contributed by atoms with van der Waals surface area (Å²) in [5.74, 6) is 0.0986. The monoisotopic (exact) mass is 308 g/mol. The number of nitrogens with zero attached hydrogens (tertiary/aromatic N) is 1. The first-order valence-electron chi connectivity index (χ1n) is 7.87. The van der Waals surface area contributed by atoms with E-state index in [2.05, 4.69) is 5.32 Å². The molecule has 2 aromatic carbocycles. The summed E-state index contributed by atoms with van der Waals surface area (Å²) in [7, 11) is 0. The van der Waals surface area contributed by atoms with Crippen molar-refractivity contribution >= 4 is 17.5 Å². The van der Waals surface area contributed by atoms with Crippen molar-refractivity contribution < 1.29 is 9.59 Å². The van der Waals surface area contributed by atoms with E-state index in [1.165, 1.54) is 0 Å². The summed E-state index contributed by atoms with van der Waals surface area (Å²) in [5.41, 5.74) is 2.75. The van der Waals surface area contributed by atoms with Crippen LogP contribution in [-0.2, 0) is 4.79 Å². The quantitative estimate of drug-likeness (QED) is 0.913. The summed E-state index contributed by atoms with van der Waals surface area (Å²) < 4.78 is 0. The van der Waals surface area contributed by atoms with Crippen molar-refractivity contribution in [2.75, 3.05) is 11.9 Å². The van der Waals surface area contributed by atoms with Gasteiger partial charge in [-0.1, -0.05) is 48.0 Å². The van der Waals surface area contributed by atoms with Crippen molar-refractivity contribution in [2.45, 2.75) is 25.8 Å². The van der Waals surface area contributed by atoms with E-state index in [1.807, 2.05) is 61.5 Å². The van der Waals surface area contributed by atoms with Crippen LogP contribution in [-0.4, -0.2) is 23.3 Å². The van der Waals surface area contributed by atoms with Gasteiger partial charge in [0.25, 0.3) is 0 Å². The fourth-order valence-electron chi connectivity index (χ4n) is 2.92. The minimum atomic E-state index is -0.490. The molecule has 1 unspecified atom stereocenters. The Kier molecular flexibility index (Phi) is 4.42. The molecule has 1 atom stereocenters. The lowest BCUT2D eigenvalue weighted by molar-refractivity contribution is -0.125. The molecule has 4 nitrogen and oxygen atoms in total. The van der Waals surface area contributed by atoms with Crippen molar-refractivity contribution in [3.05, 3.63) is 65.7 Å². The third-order valence-corrected chi connectivity index (χ3v) is 4.12. The van der Waals surface area contributed by atoms with Crippen molar-refractivity contribution in [3.8, 4) is 0 Å². The maximum Gasteiger partial charge on any atom is 0.322 e. The largest absolute Gasteiger partial charge is 0.322 e. The second-order valence-corrected chi connectivity index (χ2v) is 5.87. The van der Waals surface area contributed by atoms with E-state index in [0.29, 0.717) is 19.4 Å². The number of carbonyl (C=O) groups excluding carboxylic acids is 2. The van der Waals surface area contributed by atoms with Gasteiger partial charge in [0.15, 0.2) is 5.78 Å². The van der Waals surface area contributed by atoms with Crippen molar-refractivity contribution in [2.24, 2.45) is 0 Å². The van der Waals surface area contributed by atoms with Crippen LogP contribution >= 0.6 is 0 Å². The number of nitrogens with one attached hydrogen (secondary N) is 1. The van der Waals surface area contributed by atoms with E-state index >= 15 is 0 Å². The summed E-state index contributed by atoms with van der Waals surface area (Å²) >= 11 is 0. The number of amides is 2. The third-order valence-electron chi connectivity index (χ3n) is 4.12. The lowest BCUT2D eigenvalue weighted by atomic mass is 9.94. The fraction of sp³-hybridized carbons (Fsp3) is 0.263. The number of benzene rings is 2. The number of likely N-dealkylation sites (tertiary alicyclic amines) is 1. The molecule has 23 heavy (non-hydrogen) atoms. The van der Waals surface area contributed by atoms with E-state index < -0.39 is 6.04 Å². The first-order chi connectivity index (χ1) is 11.1. The van der Waals surface area contributed by atoms with Crippen LogP contribution in [0.25, 0.3) is 0 Å². The van der Waals surface area contributed by atoms with Crippen LogP contribution in [0.15, 0.2) is 54.6 Å². The molecule has 0 bridgehead atoms. The SMILES string of the molecule is Cc1ccc(NC(=O)N2CCCC(=O)C2c2ccccc2)cc1. The number of hydrogen-bond donors (Lipinski definition) is 1. The topological polar surface area (TPSA) is 49.4 Å². The molecule has 0 spiro atoms. The maximum atomic E-state index is 12.6. The molecule has 1 saturated heterocycles. The van der Waals surface area contributed by atoms with Crippen LogP contribution in [0.5, 0.6) is 0 Å². The Bertz CT molecular complexity index is 695. The number of rotatable bonds is 2. The van der Waals surface area contributed by atoms with Crippen molar-refractivity contribution in [1.82, 2.24) is 4.90 Å². The number of anilines is 1. The molecule has 0 aromatic heterocycles. The number of Topliss-reactive ketones (excluding diaryl/α,β-unsaturated/α-hetero) is 1. The van der Waals surface area contributed by atoms with Gasteiger partial charge in [-0.3, -0.25) is 4.79 Å². The Balaban J connectivity index is 1.82. The van der Waals surface area contributed by atoms with Crippen LogP contribution in [0.4, 0.5) is 10.5 Å². The highest BCUT2D eigenvalue weighted by Gasteiger charge is 2.34. The van der Waals surface area contributed by atoms with Gasteiger partial charge in [0.05, 0.1) is 0 Å². The molecule has 118 valence electrons. The molecular weight excluding hydrogens is 288 g/mol.